The van der Waals surface area contributed by atoms with Crippen molar-refractivity contribution in [2.75, 3.05) is 6.54 Å². The number of nitrogens with one attached hydrogen (secondary N) is 1. The molecule has 34 heavy (non-hydrogen) atoms. The van der Waals surface area contributed by atoms with E-state index in [9.17, 15) is 29.3 Å². The van der Waals surface area contributed by atoms with Crippen LogP contribution in [0.2, 0.25) is 0 Å². The first-order valence-electron chi connectivity index (χ1n) is 11.4. The van der Waals surface area contributed by atoms with E-state index >= 15 is 0 Å². The number of aromatic nitrogens is 2. The summed E-state index contributed by atoms with van der Waals surface area (Å²) < 4.78 is 15.1. The van der Waals surface area contributed by atoms with Crippen LogP contribution >= 0.6 is 0 Å². The van der Waals surface area contributed by atoms with Crippen LogP contribution in [0, 0.1) is 5.82 Å². The van der Waals surface area contributed by atoms with E-state index in [0.29, 0.717) is 24.3 Å². The Morgan fingerprint density at radius 2 is 1.82 bits per heavy atom. The fourth-order valence-electron chi connectivity index (χ4n) is 3.75. The monoisotopic (exact) mass is 485 g/mol. The van der Waals surface area contributed by atoms with Gasteiger partial charge in [0.25, 0.3) is 5.91 Å². The van der Waals surface area contributed by atoms with Gasteiger partial charge >= 0.3 is 29.6 Å². The molecule has 0 radical (unpaired) electrons. The van der Waals surface area contributed by atoms with Gasteiger partial charge in [-0.25, -0.2) is 9.07 Å². The van der Waals surface area contributed by atoms with Crippen molar-refractivity contribution >= 4 is 11.9 Å². The van der Waals surface area contributed by atoms with Crippen molar-refractivity contribution in [1.82, 2.24) is 15.1 Å². The number of carboxylic acid groups (broad SMARTS) is 1. The summed E-state index contributed by atoms with van der Waals surface area (Å²) in [6, 6.07) is 5.74. The molecule has 0 spiro atoms. The number of unbranched alkanes of at least 4 members (excludes halogenated alkanes) is 1. The molecule has 1 amide bonds. The predicted molar refractivity (Wildman–Crippen MR) is 119 cm³/mol. The van der Waals surface area contributed by atoms with Crippen LogP contribution in [-0.2, 0) is 11.2 Å². The molecular weight excluding hydrogens is 452 g/mol. The molecule has 1 aromatic carbocycles. The van der Waals surface area contributed by atoms with Gasteiger partial charge in [-0.05, 0) is 55.9 Å². The quantitative estimate of drug-likeness (QED) is 0.243. The van der Waals surface area contributed by atoms with Crippen molar-refractivity contribution in [3.63, 3.8) is 0 Å². The van der Waals surface area contributed by atoms with Crippen LogP contribution in [-0.4, -0.2) is 50.6 Å². The first-order valence-corrected chi connectivity index (χ1v) is 11.4. The number of carbonyl (C=O) groups is 2. The Hall–Kier alpha value is -1.78. The van der Waals surface area contributed by atoms with Gasteiger partial charge in [-0.1, -0.05) is 27.2 Å². The Morgan fingerprint density at radius 1 is 1.18 bits per heavy atom. The maximum atomic E-state index is 13.5. The summed E-state index contributed by atoms with van der Waals surface area (Å²) in [7, 11) is 0. The van der Waals surface area contributed by atoms with Gasteiger partial charge in [-0.3, -0.25) is 4.79 Å². The van der Waals surface area contributed by atoms with Crippen LogP contribution in [0.25, 0.3) is 5.69 Å². The van der Waals surface area contributed by atoms with Gasteiger partial charge in [0.1, 0.15) is 5.82 Å². The number of rotatable bonds is 13. The number of carbonyl (C=O) groups excluding carboxylic acids is 2. The number of nitrogens with zero attached hydrogens (tertiary/aromatic N) is 2. The second-order valence-electron chi connectivity index (χ2n) is 8.52. The summed E-state index contributed by atoms with van der Waals surface area (Å²) in [6.45, 7) is 6.44. The van der Waals surface area contributed by atoms with Crippen LogP contribution in [0.15, 0.2) is 24.3 Å². The molecule has 3 N–H and O–H groups in total. The number of aliphatic hydroxyl groups excluding tert-OH is 2. The summed E-state index contributed by atoms with van der Waals surface area (Å²) in [5.74, 6) is -2.13. The minimum atomic E-state index is -1.38. The first kappa shape index (κ1) is 30.3. The van der Waals surface area contributed by atoms with Crippen LogP contribution in [0.5, 0.6) is 0 Å². The molecule has 0 aliphatic heterocycles. The summed E-state index contributed by atoms with van der Waals surface area (Å²) in [6.07, 6.45) is -0.519. The zero-order valence-corrected chi connectivity index (χ0v) is 22.4. The number of amides is 1. The number of halogens is 1. The van der Waals surface area contributed by atoms with E-state index < -0.39 is 30.4 Å². The Labute approximate surface area is 221 Å². The van der Waals surface area contributed by atoms with E-state index in [1.165, 1.54) is 12.1 Å². The van der Waals surface area contributed by atoms with Crippen molar-refractivity contribution in [3.8, 4) is 5.69 Å². The maximum Gasteiger partial charge on any atom is 1.00 e. The molecule has 0 aliphatic carbocycles. The summed E-state index contributed by atoms with van der Waals surface area (Å²) in [4.78, 5) is 23.5. The molecule has 8 nitrogen and oxygen atoms in total. The largest absolute Gasteiger partial charge is 1.00 e. The molecule has 0 fully saturated rings. The molecule has 2 rings (SSSR count). The number of aliphatic carboxylic acids is 1. The number of aliphatic hydroxyl groups is 2. The minimum Gasteiger partial charge on any atom is -0.550 e. The number of benzene rings is 1. The average molecular weight is 486 g/mol. The molecule has 10 heteroatoms. The zero-order chi connectivity index (χ0) is 24.5. The van der Waals surface area contributed by atoms with Gasteiger partial charge in [-0.15, -0.1) is 0 Å². The predicted octanol–water partition coefficient (Wildman–Crippen LogP) is -1.15. The van der Waals surface area contributed by atoms with E-state index in [1.807, 2.05) is 20.8 Å². The normalized spacial score (nSPS) is 12.8. The fourth-order valence-corrected chi connectivity index (χ4v) is 3.75. The number of carboxylic acids is 1. The van der Waals surface area contributed by atoms with E-state index in [1.54, 1.807) is 16.8 Å². The second kappa shape index (κ2) is 14.6. The molecule has 182 valence electrons. The van der Waals surface area contributed by atoms with Gasteiger partial charge in [-0.2, -0.15) is 5.10 Å². The summed E-state index contributed by atoms with van der Waals surface area (Å²) >= 11 is 0. The maximum absolute atomic E-state index is 13.5. The van der Waals surface area contributed by atoms with Crippen LogP contribution in [0.4, 0.5) is 4.39 Å². The Morgan fingerprint density at radius 3 is 2.38 bits per heavy atom. The second-order valence-corrected chi connectivity index (χ2v) is 8.52. The van der Waals surface area contributed by atoms with E-state index in [2.05, 4.69) is 10.4 Å². The zero-order valence-electron chi connectivity index (χ0n) is 20.4. The molecule has 0 saturated heterocycles. The average Bonchev–Trinajstić information content (AvgIpc) is 3.12. The number of hydrogen-bond acceptors (Lipinski definition) is 6. The molecule has 0 bridgehead atoms. The standard InChI is InChI=1S/C24H34FN3O5.Na/c1-4-5-12-26-24(33)23-22(15(2)3)20(11-10-18(29)13-19(30)14-21(31)32)28(27-23)17-8-6-16(25)7-9-17;/h6-9,15,18-19,29-30H,4-5,10-14H2,1-3H3,(H,26,33)(H,31,32);/q;+1/p-1/t18-,19-;/m1./s1. The van der Waals surface area contributed by atoms with Crippen molar-refractivity contribution in [2.45, 2.75) is 77.4 Å². The van der Waals surface area contributed by atoms with Crippen LogP contribution < -0.4 is 40.0 Å². The molecule has 1 aromatic heterocycles. The third-order valence-electron chi connectivity index (χ3n) is 5.36. The van der Waals surface area contributed by atoms with Gasteiger partial charge in [0.15, 0.2) is 5.69 Å². The molecular formula is C24H33FN3NaO5. The van der Waals surface area contributed by atoms with Gasteiger partial charge in [0.05, 0.1) is 17.9 Å². The van der Waals surface area contributed by atoms with Gasteiger partial charge in [0, 0.05) is 30.2 Å². The first-order chi connectivity index (χ1) is 15.6. The molecule has 2 atom stereocenters. The smallest absolute Gasteiger partial charge is 0.550 e. The van der Waals surface area contributed by atoms with E-state index in [-0.39, 0.29) is 59.9 Å². The molecule has 2 aromatic rings. The SMILES string of the molecule is CCCCNC(=O)c1nn(-c2ccc(F)cc2)c(CC[C@@H](O)C[C@@H](O)CC(=O)[O-])c1C(C)C.[Na+]. The Balaban J connectivity index is 0.00000578. The van der Waals surface area contributed by atoms with E-state index in [4.69, 9.17) is 0 Å². The van der Waals surface area contributed by atoms with Crippen molar-refractivity contribution in [2.24, 2.45) is 0 Å². The van der Waals surface area contributed by atoms with Gasteiger partial charge < -0.3 is 25.4 Å². The van der Waals surface area contributed by atoms with Crippen molar-refractivity contribution in [3.05, 3.63) is 47.0 Å². The van der Waals surface area contributed by atoms with Crippen molar-refractivity contribution in [1.29, 1.82) is 0 Å². The molecule has 0 unspecified atom stereocenters. The molecule has 1 heterocycles. The molecule has 0 saturated carbocycles. The third kappa shape index (κ3) is 8.78. The van der Waals surface area contributed by atoms with E-state index in [0.717, 1.165) is 18.4 Å². The summed E-state index contributed by atoms with van der Waals surface area (Å²) in [5.41, 5.74) is 2.29. The summed E-state index contributed by atoms with van der Waals surface area (Å²) in [5, 5.41) is 38.2. The van der Waals surface area contributed by atoms with Crippen LogP contribution in [0.3, 0.4) is 0 Å². The fraction of sp³-hybridized carbons (Fsp3) is 0.542. The topological polar surface area (TPSA) is 128 Å². The van der Waals surface area contributed by atoms with Crippen molar-refractivity contribution < 1.29 is 58.9 Å². The third-order valence-corrected chi connectivity index (χ3v) is 5.36. The van der Waals surface area contributed by atoms with Crippen LogP contribution in [0.1, 0.15) is 80.5 Å². The number of hydrogen-bond donors (Lipinski definition) is 3. The van der Waals surface area contributed by atoms with Gasteiger partial charge in [0.2, 0.25) is 0 Å². The minimum absolute atomic E-state index is 0. The Kier molecular flexibility index (Phi) is 13.0. The Bertz CT molecular complexity index is 933. The molecule has 0 aliphatic rings.